The van der Waals surface area contributed by atoms with Gasteiger partial charge < -0.3 is 5.11 Å². The number of carboxylic acid groups (broad SMARTS) is 1. The van der Waals surface area contributed by atoms with Crippen molar-refractivity contribution in [3.8, 4) is 0 Å². The van der Waals surface area contributed by atoms with E-state index in [1.807, 2.05) is 0 Å². The molecular formula is C15H12N2O4S2. The van der Waals surface area contributed by atoms with Crippen LogP contribution < -0.4 is 4.72 Å². The van der Waals surface area contributed by atoms with E-state index >= 15 is 0 Å². The van der Waals surface area contributed by atoms with Crippen LogP contribution in [0.3, 0.4) is 0 Å². The Kier molecular flexibility index (Phi) is 4.12. The van der Waals surface area contributed by atoms with Crippen LogP contribution in [0.25, 0.3) is 10.2 Å². The molecule has 0 aliphatic carbocycles. The summed E-state index contributed by atoms with van der Waals surface area (Å²) in [6.07, 6.45) is 0. The quantitative estimate of drug-likeness (QED) is 0.738. The highest BCUT2D eigenvalue weighted by Gasteiger charge is 2.29. The first-order chi connectivity index (χ1) is 11.0. The molecule has 1 atom stereocenters. The van der Waals surface area contributed by atoms with Gasteiger partial charge in [-0.15, -0.1) is 11.3 Å². The fraction of sp³-hybridized carbons (Fsp3) is 0.0667. The molecule has 0 fully saturated rings. The van der Waals surface area contributed by atoms with Crippen molar-refractivity contribution >= 4 is 37.5 Å². The molecule has 2 N–H and O–H groups in total. The maximum absolute atomic E-state index is 12.5. The van der Waals surface area contributed by atoms with Crippen molar-refractivity contribution in [1.82, 2.24) is 9.71 Å². The number of aliphatic carboxylic acids is 1. The summed E-state index contributed by atoms with van der Waals surface area (Å²) >= 11 is 0.999. The molecule has 23 heavy (non-hydrogen) atoms. The van der Waals surface area contributed by atoms with Crippen LogP contribution in [-0.4, -0.2) is 24.5 Å². The number of nitrogens with one attached hydrogen (secondary N) is 1. The predicted octanol–water partition coefficient (Wildman–Crippen LogP) is 2.40. The number of benzene rings is 2. The zero-order chi connectivity index (χ0) is 16.4. The van der Waals surface area contributed by atoms with Crippen molar-refractivity contribution in [2.24, 2.45) is 0 Å². The summed E-state index contributed by atoms with van der Waals surface area (Å²) in [5.74, 6) is -1.28. The molecule has 0 amide bonds. The van der Waals surface area contributed by atoms with Crippen LogP contribution in [0.1, 0.15) is 11.6 Å². The van der Waals surface area contributed by atoms with Crippen LogP contribution >= 0.6 is 11.3 Å². The molecule has 1 heterocycles. The molecule has 6 nitrogen and oxygen atoms in total. The molecule has 0 spiro atoms. The Balaban J connectivity index is 1.97. The Morgan fingerprint density at radius 2 is 1.74 bits per heavy atom. The van der Waals surface area contributed by atoms with Crippen molar-refractivity contribution < 1.29 is 18.3 Å². The van der Waals surface area contributed by atoms with Gasteiger partial charge in [0.2, 0.25) is 4.34 Å². The van der Waals surface area contributed by atoms with Crippen LogP contribution in [0.4, 0.5) is 0 Å². The minimum atomic E-state index is -4.04. The molecule has 8 heteroatoms. The van der Waals surface area contributed by atoms with E-state index in [2.05, 4.69) is 9.71 Å². The van der Waals surface area contributed by atoms with E-state index in [0.29, 0.717) is 11.1 Å². The lowest BCUT2D eigenvalue weighted by Gasteiger charge is -2.13. The SMILES string of the molecule is O=C(O)[C@@H](NS(=O)(=O)c1nc2ccccc2s1)c1ccccc1. The first kappa shape index (κ1) is 15.6. The highest BCUT2D eigenvalue weighted by atomic mass is 32.2. The third-order valence-corrected chi connectivity index (χ3v) is 5.99. The number of thiazole rings is 1. The van der Waals surface area contributed by atoms with Crippen LogP contribution in [0, 0.1) is 0 Å². The lowest BCUT2D eigenvalue weighted by atomic mass is 10.1. The van der Waals surface area contributed by atoms with Crippen molar-refractivity contribution in [2.45, 2.75) is 10.4 Å². The number of sulfonamides is 1. The van der Waals surface area contributed by atoms with Gasteiger partial charge in [-0.3, -0.25) is 4.79 Å². The minimum absolute atomic E-state index is 0.152. The number of fused-ring (bicyclic) bond motifs is 1. The van der Waals surface area contributed by atoms with Gasteiger partial charge in [0.1, 0.15) is 6.04 Å². The zero-order valence-corrected chi connectivity index (χ0v) is 13.3. The average Bonchev–Trinajstić information content (AvgIpc) is 2.98. The first-order valence-electron chi connectivity index (χ1n) is 6.63. The molecular weight excluding hydrogens is 336 g/mol. The van der Waals surface area contributed by atoms with Crippen molar-refractivity contribution in [2.75, 3.05) is 0 Å². The van der Waals surface area contributed by atoms with Gasteiger partial charge in [-0.1, -0.05) is 42.5 Å². The molecule has 0 radical (unpaired) electrons. The van der Waals surface area contributed by atoms with Gasteiger partial charge in [0, 0.05) is 0 Å². The van der Waals surface area contributed by atoms with Crippen LogP contribution in [0.15, 0.2) is 58.9 Å². The number of carboxylic acids is 1. The fourth-order valence-electron chi connectivity index (χ4n) is 2.08. The second-order valence-corrected chi connectivity index (χ2v) is 7.67. The van der Waals surface area contributed by atoms with E-state index in [9.17, 15) is 18.3 Å². The molecule has 0 aliphatic rings. The monoisotopic (exact) mass is 348 g/mol. The Morgan fingerprint density at radius 1 is 1.09 bits per heavy atom. The number of hydrogen-bond donors (Lipinski definition) is 2. The average molecular weight is 348 g/mol. The van der Waals surface area contributed by atoms with Crippen LogP contribution in [0.2, 0.25) is 0 Å². The lowest BCUT2D eigenvalue weighted by Crippen LogP contribution is -2.33. The summed E-state index contributed by atoms with van der Waals surface area (Å²) < 4.78 is 27.7. The molecule has 2 aromatic carbocycles. The highest BCUT2D eigenvalue weighted by molar-refractivity contribution is 7.91. The largest absolute Gasteiger partial charge is 0.480 e. The van der Waals surface area contributed by atoms with E-state index in [0.717, 1.165) is 16.0 Å². The number of hydrogen-bond acceptors (Lipinski definition) is 5. The number of para-hydroxylation sites is 1. The third kappa shape index (κ3) is 3.24. The van der Waals surface area contributed by atoms with Crippen LogP contribution in [-0.2, 0) is 14.8 Å². The molecule has 0 bridgehead atoms. The fourth-order valence-corrected chi connectivity index (χ4v) is 4.49. The van der Waals surface area contributed by atoms with Crippen molar-refractivity contribution in [3.05, 3.63) is 60.2 Å². The Hall–Kier alpha value is -2.29. The molecule has 3 rings (SSSR count). The van der Waals surface area contributed by atoms with Gasteiger partial charge in [-0.25, -0.2) is 13.4 Å². The third-order valence-electron chi connectivity index (χ3n) is 3.16. The predicted molar refractivity (Wildman–Crippen MR) is 86.8 cm³/mol. The van der Waals surface area contributed by atoms with Gasteiger partial charge in [0.05, 0.1) is 10.2 Å². The summed E-state index contributed by atoms with van der Waals surface area (Å²) in [7, 11) is -4.04. The van der Waals surface area contributed by atoms with Crippen molar-refractivity contribution in [3.63, 3.8) is 0 Å². The van der Waals surface area contributed by atoms with E-state index in [4.69, 9.17) is 0 Å². The van der Waals surface area contributed by atoms with Gasteiger partial charge in [0.15, 0.2) is 0 Å². The molecule has 0 unspecified atom stereocenters. The Bertz CT molecular complexity index is 919. The highest BCUT2D eigenvalue weighted by Crippen LogP contribution is 2.26. The summed E-state index contributed by atoms with van der Waals surface area (Å²) in [6.45, 7) is 0. The second-order valence-electron chi connectivity index (χ2n) is 4.75. The molecule has 3 aromatic rings. The minimum Gasteiger partial charge on any atom is -0.480 e. The van der Waals surface area contributed by atoms with Gasteiger partial charge in [-0.05, 0) is 17.7 Å². The van der Waals surface area contributed by atoms with Crippen molar-refractivity contribution in [1.29, 1.82) is 0 Å². The standard InChI is InChI=1S/C15H12N2O4S2/c18-14(19)13(10-6-2-1-3-7-10)17-23(20,21)15-16-11-8-4-5-9-12(11)22-15/h1-9,13,17H,(H,18,19)/t13-/m0/s1. The Labute approximate surface area is 136 Å². The lowest BCUT2D eigenvalue weighted by molar-refractivity contribution is -0.139. The van der Waals surface area contributed by atoms with E-state index in [1.54, 1.807) is 54.6 Å². The summed E-state index contributed by atoms with van der Waals surface area (Å²) in [6, 6.07) is 13.8. The number of carbonyl (C=O) groups is 1. The summed E-state index contributed by atoms with van der Waals surface area (Å²) in [5.41, 5.74) is 0.911. The smallest absolute Gasteiger partial charge is 0.326 e. The molecule has 0 saturated heterocycles. The first-order valence-corrected chi connectivity index (χ1v) is 8.93. The van der Waals surface area contributed by atoms with E-state index in [1.165, 1.54) is 0 Å². The number of rotatable bonds is 5. The molecule has 0 aliphatic heterocycles. The molecule has 118 valence electrons. The summed E-state index contributed by atoms with van der Waals surface area (Å²) in [5, 5.41) is 9.33. The number of aromatic nitrogens is 1. The second kappa shape index (κ2) is 6.07. The maximum Gasteiger partial charge on any atom is 0.326 e. The summed E-state index contributed by atoms with van der Waals surface area (Å²) in [4.78, 5) is 15.5. The van der Waals surface area contributed by atoms with Gasteiger partial charge >= 0.3 is 5.97 Å². The maximum atomic E-state index is 12.5. The zero-order valence-electron chi connectivity index (χ0n) is 11.7. The normalized spacial score (nSPS) is 13.0. The topological polar surface area (TPSA) is 96.4 Å². The van der Waals surface area contributed by atoms with E-state index in [-0.39, 0.29) is 4.34 Å². The molecule has 1 aromatic heterocycles. The Morgan fingerprint density at radius 3 is 2.39 bits per heavy atom. The van der Waals surface area contributed by atoms with Crippen LogP contribution in [0.5, 0.6) is 0 Å². The van der Waals surface area contributed by atoms with Gasteiger partial charge in [0.25, 0.3) is 10.0 Å². The molecule has 0 saturated carbocycles. The number of nitrogens with zero attached hydrogens (tertiary/aromatic N) is 1. The van der Waals surface area contributed by atoms with Gasteiger partial charge in [-0.2, -0.15) is 4.72 Å². The van der Waals surface area contributed by atoms with E-state index < -0.39 is 22.0 Å².